The lowest BCUT2D eigenvalue weighted by Gasteiger charge is -2.27. The molecule has 1 N–H and O–H groups in total. The van der Waals surface area contributed by atoms with Gasteiger partial charge in [0.2, 0.25) is 5.91 Å². The summed E-state index contributed by atoms with van der Waals surface area (Å²) in [5.74, 6) is 0.897. The quantitative estimate of drug-likeness (QED) is 0.791. The van der Waals surface area contributed by atoms with E-state index in [0.717, 1.165) is 17.7 Å². The summed E-state index contributed by atoms with van der Waals surface area (Å²) < 4.78 is -0.933. The highest BCUT2D eigenvalue weighted by atomic mass is 35.5. The van der Waals surface area contributed by atoms with Crippen LogP contribution in [0.4, 0.5) is 0 Å². The minimum Gasteiger partial charge on any atom is -0.349 e. The molecule has 1 aromatic rings. The monoisotopic (exact) mass is 349 g/mol. The zero-order valence-corrected chi connectivity index (χ0v) is 14.0. The molecule has 1 amide bonds. The third-order valence-corrected chi connectivity index (χ3v) is 6.53. The van der Waals surface area contributed by atoms with Gasteiger partial charge in [-0.15, -0.1) is 35.0 Å². The lowest BCUT2D eigenvalue weighted by Crippen LogP contribution is -2.37. The molecule has 1 saturated carbocycles. The van der Waals surface area contributed by atoms with Crippen LogP contribution in [-0.4, -0.2) is 16.0 Å². The fourth-order valence-electron chi connectivity index (χ4n) is 2.48. The highest BCUT2D eigenvalue weighted by Crippen LogP contribution is 2.64. The summed E-state index contributed by atoms with van der Waals surface area (Å²) in [5.41, 5.74) is 0.403. The minimum atomic E-state index is -0.933. The van der Waals surface area contributed by atoms with E-state index in [0.29, 0.717) is 11.4 Å². The van der Waals surface area contributed by atoms with E-state index >= 15 is 0 Å². The third-order valence-electron chi connectivity index (χ3n) is 4.08. The van der Waals surface area contributed by atoms with Crippen molar-refractivity contribution in [1.29, 1.82) is 0 Å². The molecule has 20 heavy (non-hydrogen) atoms. The molecule has 6 heteroatoms. The third kappa shape index (κ3) is 2.43. The van der Waals surface area contributed by atoms with Crippen LogP contribution >= 0.6 is 46.6 Å². The van der Waals surface area contributed by atoms with E-state index in [-0.39, 0.29) is 11.9 Å². The number of thioether (sulfide) groups is 1. The van der Waals surface area contributed by atoms with Crippen molar-refractivity contribution < 1.29 is 4.79 Å². The molecule has 3 rings (SSSR count). The number of rotatable bonds is 2. The Kier molecular flexibility index (Phi) is 3.69. The fraction of sp³-hybridized carbons (Fsp3) is 0.500. The number of benzene rings is 1. The SMILES string of the molecule is C[C@]1(C(=O)N[C@H]2CCSc3ccc(Cl)cc32)CC1(Cl)Cl. The van der Waals surface area contributed by atoms with Crippen molar-refractivity contribution in [1.82, 2.24) is 5.32 Å². The molecule has 0 spiro atoms. The van der Waals surface area contributed by atoms with Gasteiger partial charge in [0.15, 0.2) is 0 Å². The molecular weight excluding hydrogens is 337 g/mol. The number of fused-ring (bicyclic) bond motifs is 1. The minimum absolute atomic E-state index is 0.0148. The van der Waals surface area contributed by atoms with Crippen molar-refractivity contribution in [2.24, 2.45) is 5.41 Å². The van der Waals surface area contributed by atoms with E-state index in [1.807, 2.05) is 18.2 Å². The Balaban J connectivity index is 1.80. The second kappa shape index (κ2) is 4.98. The fourth-order valence-corrected chi connectivity index (χ4v) is 4.47. The van der Waals surface area contributed by atoms with E-state index in [9.17, 15) is 4.79 Å². The molecule has 2 nitrogen and oxygen atoms in total. The molecule has 0 radical (unpaired) electrons. The second-order valence-corrected chi connectivity index (χ2v) is 8.62. The normalized spacial score (nSPS) is 30.5. The van der Waals surface area contributed by atoms with Gasteiger partial charge in [0.25, 0.3) is 0 Å². The smallest absolute Gasteiger partial charge is 0.229 e. The number of hydrogen-bond donors (Lipinski definition) is 1. The van der Waals surface area contributed by atoms with Crippen LogP contribution in [0.3, 0.4) is 0 Å². The number of amides is 1. The molecule has 1 aromatic carbocycles. The van der Waals surface area contributed by atoms with Gasteiger partial charge in [-0.2, -0.15) is 0 Å². The maximum atomic E-state index is 12.4. The molecule has 2 aliphatic rings. The van der Waals surface area contributed by atoms with Gasteiger partial charge in [0.1, 0.15) is 4.33 Å². The average molecular weight is 351 g/mol. The van der Waals surface area contributed by atoms with Crippen molar-refractivity contribution >= 4 is 52.5 Å². The number of hydrogen-bond acceptors (Lipinski definition) is 2. The molecule has 0 unspecified atom stereocenters. The van der Waals surface area contributed by atoms with Crippen molar-refractivity contribution in [2.45, 2.75) is 35.0 Å². The van der Waals surface area contributed by atoms with Crippen molar-refractivity contribution in [3.63, 3.8) is 0 Å². The summed E-state index contributed by atoms with van der Waals surface area (Å²) in [5, 5.41) is 3.77. The molecule has 0 saturated heterocycles. The van der Waals surface area contributed by atoms with Crippen molar-refractivity contribution in [3.8, 4) is 0 Å². The largest absolute Gasteiger partial charge is 0.349 e. The first-order valence-electron chi connectivity index (χ1n) is 6.44. The molecule has 108 valence electrons. The van der Waals surface area contributed by atoms with Gasteiger partial charge in [0.05, 0.1) is 11.5 Å². The zero-order valence-electron chi connectivity index (χ0n) is 10.9. The number of carbonyl (C=O) groups excluding carboxylic acids is 1. The van der Waals surface area contributed by atoms with E-state index in [2.05, 4.69) is 5.32 Å². The first kappa shape index (κ1) is 14.8. The number of alkyl halides is 2. The summed E-state index contributed by atoms with van der Waals surface area (Å²) in [6.07, 6.45) is 1.39. The topological polar surface area (TPSA) is 29.1 Å². The number of carbonyl (C=O) groups is 1. The number of nitrogens with one attached hydrogen (secondary N) is 1. The molecule has 1 heterocycles. The van der Waals surface area contributed by atoms with Crippen LogP contribution in [0.15, 0.2) is 23.1 Å². The van der Waals surface area contributed by atoms with Crippen LogP contribution in [-0.2, 0) is 4.79 Å². The Labute approximate surface area is 137 Å². The van der Waals surface area contributed by atoms with Crippen LogP contribution in [0.5, 0.6) is 0 Å². The Morgan fingerprint density at radius 2 is 2.15 bits per heavy atom. The van der Waals surface area contributed by atoms with Crippen LogP contribution in [0.25, 0.3) is 0 Å². The molecule has 0 aromatic heterocycles. The van der Waals surface area contributed by atoms with Crippen molar-refractivity contribution in [2.75, 3.05) is 5.75 Å². The highest BCUT2D eigenvalue weighted by molar-refractivity contribution is 7.99. The first-order chi connectivity index (χ1) is 9.33. The highest BCUT2D eigenvalue weighted by Gasteiger charge is 2.68. The number of halogens is 3. The van der Waals surface area contributed by atoms with Gasteiger partial charge in [-0.3, -0.25) is 4.79 Å². The molecule has 2 atom stereocenters. The summed E-state index contributed by atoms with van der Waals surface area (Å²) in [4.78, 5) is 13.6. The van der Waals surface area contributed by atoms with Gasteiger partial charge in [-0.1, -0.05) is 11.6 Å². The Morgan fingerprint density at radius 3 is 2.80 bits per heavy atom. The van der Waals surface area contributed by atoms with Gasteiger partial charge < -0.3 is 5.32 Å². The average Bonchev–Trinajstić information content (AvgIpc) is 2.91. The maximum absolute atomic E-state index is 12.4. The Bertz CT molecular complexity index is 578. The standard InChI is InChI=1S/C14H14Cl3NOS/c1-13(7-14(13,16)17)12(19)18-10-4-5-20-11-3-2-8(15)6-9(10)11/h2-3,6,10H,4-5,7H2,1H3,(H,18,19)/t10-,13+/m0/s1. The van der Waals surface area contributed by atoms with E-state index in [1.54, 1.807) is 18.7 Å². The lowest BCUT2D eigenvalue weighted by atomic mass is 10.0. The summed E-state index contributed by atoms with van der Waals surface area (Å²) in [6.45, 7) is 1.80. The molecule has 0 bridgehead atoms. The van der Waals surface area contributed by atoms with Crippen LogP contribution in [0.2, 0.25) is 5.02 Å². The molecular formula is C14H14Cl3NOS. The zero-order chi connectivity index (χ0) is 14.5. The molecule has 1 fully saturated rings. The van der Waals surface area contributed by atoms with Gasteiger partial charge in [-0.05, 0) is 43.5 Å². The first-order valence-corrected chi connectivity index (χ1v) is 8.56. The maximum Gasteiger partial charge on any atom is 0.229 e. The van der Waals surface area contributed by atoms with E-state index < -0.39 is 9.75 Å². The summed E-state index contributed by atoms with van der Waals surface area (Å²) in [7, 11) is 0. The van der Waals surface area contributed by atoms with Crippen LogP contribution in [0, 0.1) is 5.41 Å². The van der Waals surface area contributed by atoms with Crippen LogP contribution < -0.4 is 5.32 Å². The predicted octanol–water partition coefficient (Wildman–Crippen LogP) is 4.58. The summed E-state index contributed by atoms with van der Waals surface area (Å²) in [6, 6.07) is 5.80. The van der Waals surface area contributed by atoms with Crippen LogP contribution in [0.1, 0.15) is 31.4 Å². The Hall–Kier alpha value is -0.0900. The molecule has 1 aliphatic carbocycles. The second-order valence-electron chi connectivity index (χ2n) is 5.56. The van der Waals surface area contributed by atoms with Gasteiger partial charge in [0, 0.05) is 15.7 Å². The van der Waals surface area contributed by atoms with Gasteiger partial charge in [-0.25, -0.2) is 0 Å². The predicted molar refractivity (Wildman–Crippen MR) is 84.8 cm³/mol. The molecule has 1 aliphatic heterocycles. The van der Waals surface area contributed by atoms with Gasteiger partial charge >= 0.3 is 0 Å². The summed E-state index contributed by atoms with van der Waals surface area (Å²) >= 11 is 20.0. The van der Waals surface area contributed by atoms with E-state index in [4.69, 9.17) is 34.8 Å². The lowest BCUT2D eigenvalue weighted by molar-refractivity contribution is -0.126. The van der Waals surface area contributed by atoms with E-state index in [1.165, 1.54) is 4.90 Å². The Morgan fingerprint density at radius 1 is 1.45 bits per heavy atom. The van der Waals surface area contributed by atoms with Crippen molar-refractivity contribution in [3.05, 3.63) is 28.8 Å².